The summed E-state index contributed by atoms with van der Waals surface area (Å²) in [4.78, 5) is 11.4. The number of ether oxygens (including phenoxy) is 2. The van der Waals surface area contributed by atoms with Gasteiger partial charge in [0.2, 0.25) is 0 Å². The summed E-state index contributed by atoms with van der Waals surface area (Å²) in [5.74, 6) is 0.556. The molecular formula is C14H21NO3. The lowest BCUT2D eigenvalue weighted by atomic mass is 10.0. The average molecular weight is 251 g/mol. The van der Waals surface area contributed by atoms with Crippen LogP contribution in [0.15, 0.2) is 18.2 Å². The van der Waals surface area contributed by atoms with E-state index in [4.69, 9.17) is 9.47 Å². The van der Waals surface area contributed by atoms with Gasteiger partial charge in [0.1, 0.15) is 11.8 Å². The molecule has 4 heteroatoms. The van der Waals surface area contributed by atoms with Crippen LogP contribution in [0.25, 0.3) is 0 Å². The minimum Gasteiger partial charge on any atom is -0.496 e. The van der Waals surface area contributed by atoms with Crippen molar-refractivity contribution in [2.24, 2.45) is 0 Å². The third-order valence-corrected chi connectivity index (χ3v) is 2.91. The summed E-state index contributed by atoms with van der Waals surface area (Å²) in [6.45, 7) is 5.79. The van der Waals surface area contributed by atoms with Crippen molar-refractivity contribution in [3.05, 3.63) is 29.3 Å². The first-order chi connectivity index (χ1) is 8.49. The van der Waals surface area contributed by atoms with E-state index in [2.05, 4.69) is 5.32 Å². The average Bonchev–Trinajstić information content (AvgIpc) is 2.37. The van der Waals surface area contributed by atoms with E-state index in [0.717, 1.165) is 16.9 Å². The first-order valence-electron chi connectivity index (χ1n) is 5.98. The smallest absolute Gasteiger partial charge is 0.322 e. The van der Waals surface area contributed by atoms with Crippen molar-refractivity contribution in [2.75, 3.05) is 14.2 Å². The van der Waals surface area contributed by atoms with Crippen LogP contribution < -0.4 is 10.1 Å². The Morgan fingerprint density at radius 1 is 1.28 bits per heavy atom. The van der Waals surface area contributed by atoms with Gasteiger partial charge in [-0.25, -0.2) is 0 Å². The highest BCUT2D eigenvalue weighted by Crippen LogP contribution is 2.26. The zero-order valence-corrected chi connectivity index (χ0v) is 11.6. The lowest BCUT2D eigenvalue weighted by Gasteiger charge is -2.20. The van der Waals surface area contributed by atoms with Crippen molar-refractivity contribution < 1.29 is 14.3 Å². The monoisotopic (exact) mass is 251 g/mol. The lowest BCUT2D eigenvalue weighted by molar-refractivity contribution is -0.142. The van der Waals surface area contributed by atoms with Crippen LogP contribution in [-0.4, -0.2) is 26.2 Å². The largest absolute Gasteiger partial charge is 0.496 e. The molecule has 0 aliphatic rings. The number of nitrogens with one attached hydrogen (secondary N) is 1. The van der Waals surface area contributed by atoms with Crippen molar-refractivity contribution in [1.82, 2.24) is 5.32 Å². The maximum Gasteiger partial charge on any atom is 0.322 e. The number of rotatable bonds is 5. The Morgan fingerprint density at radius 3 is 2.50 bits per heavy atom. The fraction of sp³-hybridized carbons (Fsp3) is 0.500. The van der Waals surface area contributed by atoms with E-state index in [1.54, 1.807) is 14.0 Å². The van der Waals surface area contributed by atoms with E-state index in [0.29, 0.717) is 0 Å². The van der Waals surface area contributed by atoms with Crippen molar-refractivity contribution in [3.63, 3.8) is 0 Å². The third-order valence-electron chi connectivity index (χ3n) is 2.91. The predicted octanol–water partition coefficient (Wildman–Crippen LogP) is 2.22. The molecule has 100 valence electrons. The van der Waals surface area contributed by atoms with Gasteiger partial charge in [-0.05, 0) is 32.4 Å². The van der Waals surface area contributed by atoms with E-state index in [-0.39, 0.29) is 18.1 Å². The van der Waals surface area contributed by atoms with Crippen molar-refractivity contribution in [2.45, 2.75) is 32.9 Å². The van der Waals surface area contributed by atoms with Crippen molar-refractivity contribution in [3.8, 4) is 5.75 Å². The molecule has 0 saturated heterocycles. The number of aryl methyl sites for hydroxylation is 1. The standard InChI is InChI=1S/C14H21NO3/c1-9-6-7-12(13(8-9)17-4)10(2)15-11(3)14(16)18-5/h6-8,10-11,15H,1-5H3. The molecule has 0 radical (unpaired) electrons. The first kappa shape index (κ1) is 14.5. The van der Waals surface area contributed by atoms with Crippen LogP contribution in [0.4, 0.5) is 0 Å². The molecule has 4 nitrogen and oxygen atoms in total. The van der Waals surface area contributed by atoms with E-state index in [1.807, 2.05) is 32.0 Å². The van der Waals surface area contributed by atoms with Crippen LogP contribution in [0.1, 0.15) is 31.0 Å². The highest BCUT2D eigenvalue weighted by atomic mass is 16.5. The van der Waals surface area contributed by atoms with Crippen LogP contribution >= 0.6 is 0 Å². The molecule has 1 aromatic rings. The Kier molecular flexibility index (Phi) is 5.16. The molecule has 0 spiro atoms. The molecule has 0 heterocycles. The highest BCUT2D eigenvalue weighted by molar-refractivity contribution is 5.75. The molecule has 1 aromatic carbocycles. The van der Waals surface area contributed by atoms with E-state index in [9.17, 15) is 4.79 Å². The molecule has 0 saturated carbocycles. The minimum absolute atomic E-state index is 0.00894. The number of methoxy groups -OCH3 is 2. The van der Waals surface area contributed by atoms with Gasteiger partial charge in [-0.3, -0.25) is 10.1 Å². The molecular weight excluding hydrogens is 230 g/mol. The quantitative estimate of drug-likeness (QED) is 0.815. The van der Waals surface area contributed by atoms with Gasteiger partial charge in [0, 0.05) is 11.6 Å². The summed E-state index contributed by atoms with van der Waals surface area (Å²) in [6, 6.07) is 5.68. The predicted molar refractivity (Wildman–Crippen MR) is 70.8 cm³/mol. The Hall–Kier alpha value is -1.55. The zero-order valence-electron chi connectivity index (χ0n) is 11.6. The molecule has 2 unspecified atom stereocenters. The van der Waals surface area contributed by atoms with Crippen molar-refractivity contribution >= 4 is 5.97 Å². The molecule has 1 rings (SSSR count). The Morgan fingerprint density at radius 2 is 1.94 bits per heavy atom. The second-order valence-corrected chi connectivity index (χ2v) is 4.38. The van der Waals surface area contributed by atoms with Crippen LogP contribution in [0.2, 0.25) is 0 Å². The fourth-order valence-electron chi connectivity index (χ4n) is 1.89. The van der Waals surface area contributed by atoms with E-state index >= 15 is 0 Å². The second kappa shape index (κ2) is 6.40. The van der Waals surface area contributed by atoms with Crippen LogP contribution in [0.5, 0.6) is 5.75 Å². The molecule has 1 N–H and O–H groups in total. The van der Waals surface area contributed by atoms with E-state index in [1.165, 1.54) is 7.11 Å². The SMILES string of the molecule is COC(=O)C(C)NC(C)c1ccc(C)cc1OC. The van der Waals surface area contributed by atoms with Crippen LogP contribution in [0.3, 0.4) is 0 Å². The highest BCUT2D eigenvalue weighted by Gasteiger charge is 2.18. The number of carbonyl (C=O) groups excluding carboxylic acids is 1. The summed E-state index contributed by atoms with van der Waals surface area (Å²) in [5.41, 5.74) is 2.17. The zero-order chi connectivity index (χ0) is 13.7. The lowest BCUT2D eigenvalue weighted by Crippen LogP contribution is -2.36. The topological polar surface area (TPSA) is 47.6 Å². The van der Waals surface area contributed by atoms with Gasteiger partial charge < -0.3 is 9.47 Å². The van der Waals surface area contributed by atoms with Gasteiger partial charge in [0.15, 0.2) is 0 Å². The van der Waals surface area contributed by atoms with Crippen LogP contribution in [-0.2, 0) is 9.53 Å². The molecule has 0 aromatic heterocycles. The fourth-order valence-corrected chi connectivity index (χ4v) is 1.89. The number of esters is 1. The molecule has 0 amide bonds. The molecule has 0 aliphatic carbocycles. The molecule has 18 heavy (non-hydrogen) atoms. The van der Waals surface area contributed by atoms with Crippen molar-refractivity contribution in [1.29, 1.82) is 0 Å². The van der Waals surface area contributed by atoms with Gasteiger partial charge in [0.25, 0.3) is 0 Å². The van der Waals surface area contributed by atoms with Gasteiger partial charge in [-0.1, -0.05) is 12.1 Å². The van der Waals surface area contributed by atoms with Gasteiger partial charge in [-0.2, -0.15) is 0 Å². The summed E-state index contributed by atoms with van der Waals surface area (Å²) < 4.78 is 10.1. The summed E-state index contributed by atoms with van der Waals surface area (Å²) in [7, 11) is 3.03. The number of benzene rings is 1. The summed E-state index contributed by atoms with van der Waals surface area (Å²) in [5, 5.41) is 3.19. The van der Waals surface area contributed by atoms with E-state index < -0.39 is 0 Å². The maximum absolute atomic E-state index is 11.4. The van der Waals surface area contributed by atoms with Gasteiger partial charge in [0.05, 0.1) is 14.2 Å². The second-order valence-electron chi connectivity index (χ2n) is 4.38. The van der Waals surface area contributed by atoms with Gasteiger partial charge in [-0.15, -0.1) is 0 Å². The normalized spacial score (nSPS) is 13.8. The third kappa shape index (κ3) is 3.47. The number of carbonyl (C=O) groups is 1. The molecule has 0 fully saturated rings. The molecule has 0 aliphatic heterocycles. The molecule has 2 atom stereocenters. The summed E-state index contributed by atoms with van der Waals surface area (Å²) in [6.07, 6.45) is 0. The summed E-state index contributed by atoms with van der Waals surface area (Å²) >= 11 is 0. The number of hydrogen-bond acceptors (Lipinski definition) is 4. The Bertz CT molecular complexity index is 418. The van der Waals surface area contributed by atoms with Gasteiger partial charge >= 0.3 is 5.97 Å². The molecule has 0 bridgehead atoms. The Labute approximate surface area is 108 Å². The first-order valence-corrected chi connectivity index (χ1v) is 5.98. The minimum atomic E-state index is -0.351. The maximum atomic E-state index is 11.4. The number of hydrogen-bond donors (Lipinski definition) is 1. The van der Waals surface area contributed by atoms with Crippen LogP contribution in [0, 0.1) is 6.92 Å². The Balaban J connectivity index is 2.83.